The maximum atomic E-state index is 12.3. The second kappa shape index (κ2) is 8.11. The van der Waals surface area contributed by atoms with Crippen molar-refractivity contribution in [1.82, 2.24) is 10.3 Å². The van der Waals surface area contributed by atoms with Gasteiger partial charge in [0, 0.05) is 23.7 Å². The van der Waals surface area contributed by atoms with Crippen LogP contribution in [-0.2, 0) is 16.1 Å². The molecule has 0 fully saturated rings. The Bertz CT molecular complexity index is 935. The van der Waals surface area contributed by atoms with E-state index in [1.165, 1.54) is 0 Å². The summed E-state index contributed by atoms with van der Waals surface area (Å²) in [5.74, 6) is -0.258. The van der Waals surface area contributed by atoms with Gasteiger partial charge in [-0.3, -0.25) is 9.78 Å². The van der Waals surface area contributed by atoms with Crippen LogP contribution in [0.25, 0.3) is 10.9 Å². The molecule has 1 heterocycles. The Hall–Kier alpha value is -3.41. The van der Waals surface area contributed by atoms with Crippen LogP contribution in [-0.4, -0.2) is 30.6 Å². The number of benzene rings is 2. The molecule has 6 nitrogen and oxygen atoms in total. The van der Waals surface area contributed by atoms with E-state index in [0.29, 0.717) is 28.8 Å². The summed E-state index contributed by atoms with van der Waals surface area (Å²) in [6.45, 7) is -0.0663. The molecule has 6 heteroatoms. The molecule has 26 heavy (non-hydrogen) atoms. The molecule has 0 aliphatic carbocycles. The molecule has 0 aliphatic heterocycles. The lowest BCUT2D eigenvalue weighted by Crippen LogP contribution is -2.28. The standard InChI is InChI=1S/C20H18N2O4/c1-25-18-10-3-2-6-14(18)12-22-19(23)13-26-20(24)16-7-4-9-17-15(16)8-5-11-21-17/h2-11H,12-13H2,1H3,(H,22,23). The maximum Gasteiger partial charge on any atom is 0.339 e. The number of esters is 1. The molecule has 3 rings (SSSR count). The first-order valence-electron chi connectivity index (χ1n) is 8.08. The number of nitrogens with zero attached hydrogens (tertiary/aromatic N) is 1. The van der Waals surface area contributed by atoms with Crippen LogP contribution in [0.3, 0.4) is 0 Å². The number of carbonyl (C=O) groups excluding carboxylic acids is 2. The Kier molecular flexibility index (Phi) is 5.43. The highest BCUT2D eigenvalue weighted by molar-refractivity contribution is 6.03. The molecule has 0 unspecified atom stereocenters. The number of hydrogen-bond acceptors (Lipinski definition) is 5. The lowest BCUT2D eigenvalue weighted by Gasteiger charge is -2.10. The Morgan fingerprint density at radius 2 is 1.88 bits per heavy atom. The van der Waals surface area contributed by atoms with Crippen LogP contribution in [0.15, 0.2) is 60.8 Å². The van der Waals surface area contributed by atoms with Gasteiger partial charge in [-0.2, -0.15) is 0 Å². The fourth-order valence-corrected chi connectivity index (χ4v) is 2.58. The summed E-state index contributed by atoms with van der Waals surface area (Å²) in [5, 5.41) is 3.40. The molecule has 0 spiro atoms. The molecule has 1 aromatic heterocycles. The van der Waals surface area contributed by atoms with E-state index in [-0.39, 0.29) is 12.5 Å². The number of pyridine rings is 1. The summed E-state index contributed by atoms with van der Waals surface area (Å²) in [7, 11) is 1.57. The van der Waals surface area contributed by atoms with Crippen LogP contribution in [0.2, 0.25) is 0 Å². The quantitative estimate of drug-likeness (QED) is 0.692. The van der Waals surface area contributed by atoms with Gasteiger partial charge in [-0.25, -0.2) is 4.79 Å². The third-order valence-electron chi connectivity index (χ3n) is 3.87. The van der Waals surface area contributed by atoms with Crippen molar-refractivity contribution in [2.45, 2.75) is 6.54 Å². The smallest absolute Gasteiger partial charge is 0.339 e. The summed E-state index contributed by atoms with van der Waals surface area (Å²) in [6, 6.07) is 16.1. The van der Waals surface area contributed by atoms with Gasteiger partial charge in [0.25, 0.3) is 5.91 Å². The monoisotopic (exact) mass is 350 g/mol. The van der Waals surface area contributed by atoms with Gasteiger partial charge in [-0.15, -0.1) is 0 Å². The van der Waals surface area contributed by atoms with E-state index in [2.05, 4.69) is 10.3 Å². The summed E-state index contributed by atoms with van der Waals surface area (Å²) in [4.78, 5) is 28.5. The zero-order chi connectivity index (χ0) is 18.4. The molecule has 3 aromatic rings. The third kappa shape index (κ3) is 3.97. The zero-order valence-corrected chi connectivity index (χ0v) is 14.3. The van der Waals surface area contributed by atoms with Crippen LogP contribution in [0.4, 0.5) is 0 Å². The minimum absolute atomic E-state index is 0.290. The van der Waals surface area contributed by atoms with E-state index in [4.69, 9.17) is 9.47 Å². The van der Waals surface area contributed by atoms with Crippen molar-refractivity contribution in [2.75, 3.05) is 13.7 Å². The first-order valence-corrected chi connectivity index (χ1v) is 8.08. The largest absolute Gasteiger partial charge is 0.496 e. The number of methoxy groups -OCH3 is 1. The Balaban J connectivity index is 1.58. The van der Waals surface area contributed by atoms with E-state index in [1.54, 1.807) is 37.6 Å². The summed E-state index contributed by atoms with van der Waals surface area (Å²) in [5.41, 5.74) is 1.92. The van der Waals surface area contributed by atoms with E-state index in [0.717, 1.165) is 5.56 Å². The molecule has 0 aliphatic rings. The number of para-hydroxylation sites is 1. The number of nitrogens with one attached hydrogen (secondary N) is 1. The zero-order valence-electron chi connectivity index (χ0n) is 14.3. The Morgan fingerprint density at radius 1 is 1.04 bits per heavy atom. The molecule has 1 amide bonds. The van der Waals surface area contributed by atoms with Gasteiger partial charge in [0.05, 0.1) is 18.2 Å². The molecule has 132 valence electrons. The minimum atomic E-state index is -0.559. The normalized spacial score (nSPS) is 10.3. The van der Waals surface area contributed by atoms with Crippen molar-refractivity contribution in [3.8, 4) is 5.75 Å². The average molecular weight is 350 g/mol. The fourth-order valence-electron chi connectivity index (χ4n) is 2.58. The van der Waals surface area contributed by atoms with E-state index >= 15 is 0 Å². The van der Waals surface area contributed by atoms with Crippen LogP contribution in [0.5, 0.6) is 5.75 Å². The molecule has 0 atom stereocenters. The van der Waals surface area contributed by atoms with Crippen LogP contribution >= 0.6 is 0 Å². The van der Waals surface area contributed by atoms with Crippen molar-refractivity contribution in [2.24, 2.45) is 0 Å². The number of fused-ring (bicyclic) bond motifs is 1. The van der Waals surface area contributed by atoms with E-state index in [1.807, 2.05) is 30.3 Å². The number of carbonyl (C=O) groups is 2. The maximum absolute atomic E-state index is 12.3. The van der Waals surface area contributed by atoms with Gasteiger partial charge in [0.2, 0.25) is 0 Å². The van der Waals surface area contributed by atoms with E-state index < -0.39 is 5.97 Å². The average Bonchev–Trinajstić information content (AvgIpc) is 2.70. The number of amides is 1. The van der Waals surface area contributed by atoms with Crippen LogP contribution in [0, 0.1) is 0 Å². The molecule has 2 aromatic carbocycles. The predicted molar refractivity (Wildman–Crippen MR) is 96.9 cm³/mol. The van der Waals surface area contributed by atoms with Gasteiger partial charge >= 0.3 is 5.97 Å². The topological polar surface area (TPSA) is 77.5 Å². The third-order valence-corrected chi connectivity index (χ3v) is 3.87. The SMILES string of the molecule is COc1ccccc1CNC(=O)COC(=O)c1cccc2ncccc12. The lowest BCUT2D eigenvalue weighted by atomic mass is 10.1. The first-order chi connectivity index (χ1) is 12.7. The molecular weight excluding hydrogens is 332 g/mol. The molecule has 0 saturated heterocycles. The highest BCUT2D eigenvalue weighted by atomic mass is 16.5. The Morgan fingerprint density at radius 3 is 2.73 bits per heavy atom. The number of rotatable bonds is 6. The number of aromatic nitrogens is 1. The van der Waals surface area contributed by atoms with Gasteiger partial charge in [-0.05, 0) is 24.3 Å². The summed E-state index contributed by atoms with van der Waals surface area (Å²) < 4.78 is 10.4. The van der Waals surface area contributed by atoms with E-state index in [9.17, 15) is 9.59 Å². The molecule has 0 bridgehead atoms. The van der Waals surface area contributed by atoms with Gasteiger partial charge < -0.3 is 14.8 Å². The molecule has 1 N–H and O–H groups in total. The second-order valence-corrected chi connectivity index (χ2v) is 5.54. The lowest BCUT2D eigenvalue weighted by molar-refractivity contribution is -0.124. The second-order valence-electron chi connectivity index (χ2n) is 5.54. The Labute approximate surface area is 150 Å². The minimum Gasteiger partial charge on any atom is -0.496 e. The van der Waals surface area contributed by atoms with Gasteiger partial charge in [-0.1, -0.05) is 30.3 Å². The van der Waals surface area contributed by atoms with Crippen molar-refractivity contribution in [3.05, 3.63) is 71.9 Å². The number of hydrogen-bond donors (Lipinski definition) is 1. The molecular formula is C20H18N2O4. The van der Waals surface area contributed by atoms with Crippen molar-refractivity contribution in [3.63, 3.8) is 0 Å². The van der Waals surface area contributed by atoms with Gasteiger partial charge in [0.1, 0.15) is 5.75 Å². The summed E-state index contributed by atoms with van der Waals surface area (Å²) >= 11 is 0. The van der Waals surface area contributed by atoms with Crippen molar-refractivity contribution < 1.29 is 19.1 Å². The first kappa shape index (κ1) is 17.4. The van der Waals surface area contributed by atoms with Gasteiger partial charge in [0.15, 0.2) is 6.61 Å². The highest BCUT2D eigenvalue weighted by Crippen LogP contribution is 2.18. The van der Waals surface area contributed by atoms with Crippen molar-refractivity contribution >= 4 is 22.8 Å². The van der Waals surface area contributed by atoms with Crippen molar-refractivity contribution in [1.29, 1.82) is 0 Å². The summed E-state index contributed by atoms with van der Waals surface area (Å²) in [6.07, 6.45) is 1.66. The highest BCUT2D eigenvalue weighted by Gasteiger charge is 2.13. The van der Waals surface area contributed by atoms with Crippen LogP contribution < -0.4 is 10.1 Å². The number of ether oxygens (including phenoxy) is 2. The molecule has 0 saturated carbocycles. The van der Waals surface area contributed by atoms with Crippen LogP contribution in [0.1, 0.15) is 15.9 Å². The molecule has 0 radical (unpaired) electrons. The fraction of sp³-hybridized carbons (Fsp3) is 0.150. The predicted octanol–water partition coefficient (Wildman–Crippen LogP) is 2.72.